The van der Waals surface area contributed by atoms with Crippen LogP contribution in [0.2, 0.25) is 0 Å². The first-order valence-corrected chi connectivity index (χ1v) is 12.8. The van der Waals surface area contributed by atoms with Gasteiger partial charge >= 0.3 is 0 Å². The van der Waals surface area contributed by atoms with Crippen LogP contribution in [0, 0.1) is 0 Å². The summed E-state index contributed by atoms with van der Waals surface area (Å²) in [6, 6.07) is 16.0. The van der Waals surface area contributed by atoms with Gasteiger partial charge in [0, 0.05) is 50.2 Å². The Morgan fingerprint density at radius 3 is 2.64 bits per heavy atom. The van der Waals surface area contributed by atoms with Crippen LogP contribution in [0.15, 0.2) is 48.5 Å². The molecule has 3 heterocycles. The molecule has 2 aromatic rings. The van der Waals surface area contributed by atoms with Gasteiger partial charge in [-0.15, -0.1) is 0 Å². The van der Waals surface area contributed by atoms with E-state index in [4.69, 9.17) is 4.74 Å². The zero-order chi connectivity index (χ0) is 25.2. The molecule has 3 atom stereocenters. The highest BCUT2D eigenvalue weighted by Gasteiger charge is 2.39. The van der Waals surface area contributed by atoms with Crippen LogP contribution in [0.25, 0.3) is 0 Å². The van der Waals surface area contributed by atoms with Gasteiger partial charge in [-0.1, -0.05) is 44.2 Å². The highest BCUT2D eigenvalue weighted by atomic mass is 16.5. The number of hydrogen-bond acceptors (Lipinski definition) is 6. The molecular weight excluding hydrogens is 456 g/mol. The third-order valence-electron chi connectivity index (χ3n) is 7.22. The fraction of sp³-hybridized carbons (Fsp3) is 0.464. The summed E-state index contributed by atoms with van der Waals surface area (Å²) in [7, 11) is 0. The van der Waals surface area contributed by atoms with Crippen molar-refractivity contribution in [1.29, 1.82) is 0 Å². The van der Waals surface area contributed by atoms with Crippen LogP contribution >= 0.6 is 0 Å². The number of amides is 3. The summed E-state index contributed by atoms with van der Waals surface area (Å²) in [6.07, 6.45) is 1.56. The second kappa shape index (κ2) is 10.4. The fourth-order valence-corrected chi connectivity index (χ4v) is 5.50. The number of benzene rings is 2. The summed E-state index contributed by atoms with van der Waals surface area (Å²) in [5.41, 5.74) is 2.74. The lowest BCUT2D eigenvalue weighted by molar-refractivity contribution is -0.136. The van der Waals surface area contributed by atoms with E-state index in [9.17, 15) is 14.4 Å². The molecule has 0 aliphatic carbocycles. The molecule has 8 nitrogen and oxygen atoms in total. The number of imide groups is 1. The van der Waals surface area contributed by atoms with Gasteiger partial charge in [0.25, 0.3) is 5.91 Å². The van der Waals surface area contributed by atoms with Gasteiger partial charge in [0.15, 0.2) is 0 Å². The number of likely N-dealkylation sites (tertiary alicyclic amines) is 1. The Balaban J connectivity index is 1.29. The Morgan fingerprint density at radius 1 is 1.08 bits per heavy atom. The van der Waals surface area contributed by atoms with Crippen molar-refractivity contribution in [3.8, 4) is 5.75 Å². The predicted molar refractivity (Wildman–Crippen MR) is 135 cm³/mol. The van der Waals surface area contributed by atoms with Gasteiger partial charge in [0.05, 0.1) is 0 Å². The van der Waals surface area contributed by atoms with E-state index in [-0.39, 0.29) is 30.4 Å². The third-order valence-corrected chi connectivity index (χ3v) is 7.22. The molecule has 0 aromatic heterocycles. The van der Waals surface area contributed by atoms with Crippen molar-refractivity contribution < 1.29 is 19.1 Å². The maximum absolute atomic E-state index is 13.0. The number of fused-ring (bicyclic) bond motifs is 1. The van der Waals surface area contributed by atoms with Crippen molar-refractivity contribution in [3.05, 3.63) is 65.2 Å². The molecule has 3 amide bonds. The third kappa shape index (κ3) is 5.29. The summed E-state index contributed by atoms with van der Waals surface area (Å²) in [5.74, 6) is -0.118. The van der Waals surface area contributed by atoms with Crippen molar-refractivity contribution in [3.63, 3.8) is 0 Å². The van der Waals surface area contributed by atoms with Crippen LogP contribution in [0.5, 0.6) is 5.75 Å². The molecule has 0 spiro atoms. The number of hydrogen-bond donors (Lipinski definition) is 2. The SMILES string of the molecule is CC(C)N[C@H]1CCN(Cc2ccccc2)C[C@@H]1Oc1ccc2c(c1)CN(C1CCC(=O)NC1=O)C2=O. The Morgan fingerprint density at radius 2 is 1.89 bits per heavy atom. The standard InChI is InChI=1S/C28H34N4O4/c1-18(2)29-23-12-13-31(15-19-6-4-3-5-7-19)17-25(23)36-21-8-9-22-20(14-21)16-32(28(22)35)24-10-11-26(33)30-27(24)34/h3-9,14,18,23-25,29H,10-13,15-17H2,1-2H3,(H,30,33,34)/t23-,24?,25-/m0/s1. The van der Waals surface area contributed by atoms with Crippen LogP contribution in [0.4, 0.5) is 0 Å². The van der Waals surface area contributed by atoms with E-state index in [0.29, 0.717) is 24.6 Å². The molecule has 1 unspecified atom stereocenters. The summed E-state index contributed by atoms with van der Waals surface area (Å²) in [6.45, 7) is 7.33. The van der Waals surface area contributed by atoms with Gasteiger partial charge in [-0.25, -0.2) is 0 Å². The van der Waals surface area contributed by atoms with E-state index in [1.54, 1.807) is 11.0 Å². The second-order valence-electron chi connectivity index (χ2n) is 10.3. The smallest absolute Gasteiger partial charge is 0.255 e. The maximum atomic E-state index is 13.0. The van der Waals surface area contributed by atoms with Gasteiger partial charge in [0.2, 0.25) is 11.8 Å². The highest BCUT2D eigenvalue weighted by molar-refractivity contribution is 6.05. The molecule has 2 N–H and O–H groups in total. The lowest BCUT2D eigenvalue weighted by Gasteiger charge is -2.39. The average Bonchev–Trinajstić information content (AvgIpc) is 3.16. The fourth-order valence-electron chi connectivity index (χ4n) is 5.50. The number of nitrogens with zero attached hydrogens (tertiary/aromatic N) is 2. The summed E-state index contributed by atoms with van der Waals surface area (Å²) < 4.78 is 6.56. The van der Waals surface area contributed by atoms with Crippen LogP contribution in [-0.4, -0.2) is 64.8 Å². The first-order chi connectivity index (χ1) is 17.4. The molecule has 3 aliphatic heterocycles. The van der Waals surface area contributed by atoms with Crippen LogP contribution in [-0.2, 0) is 22.7 Å². The molecule has 0 bridgehead atoms. The van der Waals surface area contributed by atoms with E-state index in [1.165, 1.54) is 5.56 Å². The Bertz CT molecular complexity index is 1140. The monoisotopic (exact) mass is 490 g/mol. The zero-order valence-corrected chi connectivity index (χ0v) is 20.9. The van der Waals surface area contributed by atoms with Crippen LogP contribution in [0.1, 0.15) is 54.6 Å². The Labute approximate surface area is 212 Å². The number of carbonyl (C=O) groups excluding carboxylic acids is 3. The molecule has 5 rings (SSSR count). The van der Waals surface area contributed by atoms with Crippen LogP contribution in [0.3, 0.4) is 0 Å². The zero-order valence-electron chi connectivity index (χ0n) is 20.9. The molecule has 2 saturated heterocycles. The number of piperidine rings is 2. The van der Waals surface area contributed by atoms with E-state index < -0.39 is 11.9 Å². The molecule has 8 heteroatoms. The molecule has 36 heavy (non-hydrogen) atoms. The van der Waals surface area contributed by atoms with E-state index in [0.717, 1.165) is 37.4 Å². The summed E-state index contributed by atoms with van der Waals surface area (Å²) in [5, 5.41) is 6.02. The quantitative estimate of drug-likeness (QED) is 0.580. The van der Waals surface area contributed by atoms with E-state index >= 15 is 0 Å². The minimum absolute atomic E-state index is 0.0359. The Hall–Kier alpha value is -3.23. The first kappa shape index (κ1) is 24.5. The second-order valence-corrected chi connectivity index (χ2v) is 10.3. The first-order valence-electron chi connectivity index (χ1n) is 12.8. The topological polar surface area (TPSA) is 91.0 Å². The van der Waals surface area contributed by atoms with Gasteiger partial charge in [-0.05, 0) is 42.2 Å². The Kier molecular flexibility index (Phi) is 7.07. The van der Waals surface area contributed by atoms with Crippen LogP contribution < -0.4 is 15.4 Å². The number of nitrogens with one attached hydrogen (secondary N) is 2. The molecule has 2 fully saturated rings. The average molecular weight is 491 g/mol. The molecule has 2 aromatic carbocycles. The lowest BCUT2D eigenvalue weighted by atomic mass is 9.99. The van der Waals surface area contributed by atoms with Crippen molar-refractivity contribution in [2.75, 3.05) is 13.1 Å². The molecular formula is C28H34N4O4. The van der Waals surface area contributed by atoms with Gasteiger partial charge in [-0.2, -0.15) is 0 Å². The largest absolute Gasteiger partial charge is 0.487 e. The predicted octanol–water partition coefficient (Wildman–Crippen LogP) is 2.47. The molecule has 3 aliphatic rings. The minimum Gasteiger partial charge on any atom is -0.487 e. The number of carbonyl (C=O) groups is 3. The van der Waals surface area contributed by atoms with Crippen molar-refractivity contribution >= 4 is 17.7 Å². The van der Waals surface area contributed by atoms with Gasteiger partial charge in [0.1, 0.15) is 17.9 Å². The van der Waals surface area contributed by atoms with Gasteiger partial charge < -0.3 is 15.0 Å². The lowest BCUT2D eigenvalue weighted by Crippen LogP contribution is -2.56. The normalized spacial score (nSPS) is 24.7. The highest BCUT2D eigenvalue weighted by Crippen LogP contribution is 2.31. The molecule has 0 radical (unpaired) electrons. The number of rotatable bonds is 7. The molecule has 190 valence electrons. The maximum Gasteiger partial charge on any atom is 0.255 e. The van der Waals surface area contributed by atoms with Gasteiger partial charge in [-0.3, -0.25) is 24.6 Å². The van der Waals surface area contributed by atoms with Crippen molar-refractivity contribution in [2.45, 2.75) is 70.4 Å². The summed E-state index contributed by atoms with van der Waals surface area (Å²) in [4.78, 5) is 40.9. The molecule has 0 saturated carbocycles. The summed E-state index contributed by atoms with van der Waals surface area (Å²) >= 11 is 0. The van der Waals surface area contributed by atoms with Crippen molar-refractivity contribution in [2.24, 2.45) is 0 Å². The number of ether oxygens (including phenoxy) is 1. The van der Waals surface area contributed by atoms with Crippen molar-refractivity contribution in [1.82, 2.24) is 20.4 Å². The minimum atomic E-state index is -0.614. The van der Waals surface area contributed by atoms with E-state index in [2.05, 4.69) is 53.6 Å². The van der Waals surface area contributed by atoms with E-state index in [1.807, 2.05) is 18.2 Å².